The highest BCUT2D eigenvalue weighted by molar-refractivity contribution is 5.87. The first-order valence-electron chi connectivity index (χ1n) is 6.68. The lowest BCUT2D eigenvalue weighted by atomic mass is 10.1. The molecule has 0 spiro atoms. The second-order valence-corrected chi connectivity index (χ2v) is 5.06. The van der Waals surface area contributed by atoms with Crippen molar-refractivity contribution in [1.29, 1.82) is 0 Å². The molecule has 0 atom stereocenters. The first kappa shape index (κ1) is 15.0. The average Bonchev–Trinajstić information content (AvgIpc) is 2.46. The second-order valence-electron chi connectivity index (χ2n) is 5.06. The summed E-state index contributed by atoms with van der Waals surface area (Å²) in [5.41, 5.74) is 0.955. The number of aromatic carboxylic acids is 1. The molecule has 21 heavy (non-hydrogen) atoms. The van der Waals surface area contributed by atoms with Crippen molar-refractivity contribution >= 4 is 5.97 Å². The van der Waals surface area contributed by atoms with Gasteiger partial charge in [0.25, 0.3) is 5.56 Å². The van der Waals surface area contributed by atoms with Crippen LogP contribution in [0.25, 0.3) is 11.3 Å². The first-order chi connectivity index (χ1) is 10.0. The van der Waals surface area contributed by atoms with Crippen molar-refractivity contribution in [1.82, 2.24) is 9.47 Å². The lowest BCUT2D eigenvalue weighted by Crippen LogP contribution is -2.31. The molecule has 110 valence electrons. The lowest BCUT2D eigenvalue weighted by molar-refractivity contribution is 0.0694. The monoisotopic (exact) mass is 286 g/mol. The van der Waals surface area contributed by atoms with Gasteiger partial charge in [0, 0.05) is 13.1 Å². The van der Waals surface area contributed by atoms with E-state index in [1.165, 1.54) is 10.6 Å². The maximum Gasteiger partial charge on any atom is 0.341 e. The number of carbonyl (C=O) groups is 1. The summed E-state index contributed by atoms with van der Waals surface area (Å²) in [5, 5.41) is 9.11. The van der Waals surface area contributed by atoms with Crippen LogP contribution in [0.3, 0.4) is 0 Å². The van der Waals surface area contributed by atoms with E-state index < -0.39 is 11.5 Å². The molecular formula is C16H18N2O3. The van der Waals surface area contributed by atoms with Crippen LogP contribution in [0.4, 0.5) is 0 Å². The molecule has 0 fully saturated rings. The van der Waals surface area contributed by atoms with Gasteiger partial charge in [0.05, 0.1) is 5.69 Å². The Labute approximate surface area is 123 Å². The van der Waals surface area contributed by atoms with Crippen LogP contribution < -0.4 is 5.56 Å². The molecule has 0 aliphatic rings. The van der Waals surface area contributed by atoms with E-state index in [2.05, 4.69) is 0 Å². The number of carboxylic acid groups (broad SMARTS) is 1. The molecule has 5 nitrogen and oxygen atoms in total. The number of carboxylic acids is 1. The number of benzene rings is 1. The molecule has 0 amide bonds. The maximum absolute atomic E-state index is 12.4. The summed E-state index contributed by atoms with van der Waals surface area (Å²) < 4.78 is 1.53. The van der Waals surface area contributed by atoms with Gasteiger partial charge in [-0.1, -0.05) is 30.3 Å². The second kappa shape index (κ2) is 6.37. The van der Waals surface area contributed by atoms with Gasteiger partial charge in [0.15, 0.2) is 0 Å². The summed E-state index contributed by atoms with van der Waals surface area (Å²) in [6, 6.07) is 12.6. The Hall–Kier alpha value is -2.40. The lowest BCUT2D eigenvalue weighted by Gasteiger charge is -2.16. The van der Waals surface area contributed by atoms with Crippen LogP contribution in [-0.2, 0) is 6.54 Å². The van der Waals surface area contributed by atoms with Gasteiger partial charge in [0.1, 0.15) is 5.56 Å². The van der Waals surface area contributed by atoms with Gasteiger partial charge in [-0.25, -0.2) is 4.79 Å². The van der Waals surface area contributed by atoms with Gasteiger partial charge in [-0.2, -0.15) is 0 Å². The van der Waals surface area contributed by atoms with Crippen molar-refractivity contribution in [3.63, 3.8) is 0 Å². The predicted octanol–water partition coefficient (Wildman–Crippen LogP) is 1.78. The standard InChI is InChI=1S/C16H18N2O3/c1-17(2)10-11-18-14(12-6-4-3-5-7-12)9-8-13(15(18)19)16(20)21/h3-9H,10-11H2,1-2H3,(H,20,21). The van der Waals surface area contributed by atoms with Crippen molar-refractivity contribution in [2.75, 3.05) is 20.6 Å². The zero-order valence-electron chi connectivity index (χ0n) is 12.1. The summed E-state index contributed by atoms with van der Waals surface area (Å²) in [4.78, 5) is 25.5. The normalized spacial score (nSPS) is 10.8. The molecule has 0 unspecified atom stereocenters. The maximum atomic E-state index is 12.4. The third-order valence-corrected chi connectivity index (χ3v) is 3.25. The first-order valence-corrected chi connectivity index (χ1v) is 6.68. The molecule has 2 rings (SSSR count). The van der Waals surface area contributed by atoms with Gasteiger partial charge < -0.3 is 14.6 Å². The molecule has 1 N–H and O–H groups in total. The molecule has 0 saturated heterocycles. The van der Waals surface area contributed by atoms with E-state index in [4.69, 9.17) is 5.11 Å². The van der Waals surface area contributed by atoms with Crippen LogP contribution in [0.5, 0.6) is 0 Å². The van der Waals surface area contributed by atoms with Gasteiger partial charge >= 0.3 is 5.97 Å². The van der Waals surface area contributed by atoms with Crippen LogP contribution in [-0.4, -0.2) is 41.2 Å². The minimum absolute atomic E-state index is 0.201. The Morgan fingerprint density at radius 2 is 1.81 bits per heavy atom. The van der Waals surface area contributed by atoms with E-state index in [0.29, 0.717) is 13.1 Å². The minimum atomic E-state index is -1.20. The Bertz CT molecular complexity index is 690. The molecule has 0 saturated carbocycles. The van der Waals surface area contributed by atoms with Crippen LogP contribution in [0.1, 0.15) is 10.4 Å². The average molecular weight is 286 g/mol. The van der Waals surface area contributed by atoms with E-state index >= 15 is 0 Å². The number of nitrogens with zero attached hydrogens (tertiary/aromatic N) is 2. The van der Waals surface area contributed by atoms with Crippen LogP contribution in [0.15, 0.2) is 47.3 Å². The van der Waals surface area contributed by atoms with Crippen molar-refractivity contribution in [3.8, 4) is 11.3 Å². The SMILES string of the molecule is CN(C)CCn1c(-c2ccccc2)ccc(C(=O)O)c1=O. The van der Waals surface area contributed by atoms with Crippen LogP contribution in [0, 0.1) is 0 Å². The molecule has 1 aromatic carbocycles. The fourth-order valence-corrected chi connectivity index (χ4v) is 2.12. The van der Waals surface area contributed by atoms with Crippen molar-refractivity contribution in [3.05, 3.63) is 58.4 Å². The van der Waals surface area contributed by atoms with Crippen LogP contribution >= 0.6 is 0 Å². The number of hydrogen-bond acceptors (Lipinski definition) is 3. The molecule has 0 aliphatic carbocycles. The van der Waals surface area contributed by atoms with Crippen molar-refractivity contribution < 1.29 is 9.90 Å². The quantitative estimate of drug-likeness (QED) is 0.910. The fraction of sp³-hybridized carbons (Fsp3) is 0.250. The Kier molecular flexibility index (Phi) is 4.55. The summed E-state index contributed by atoms with van der Waals surface area (Å²) in [7, 11) is 3.82. The highest BCUT2D eigenvalue weighted by atomic mass is 16.4. The third kappa shape index (κ3) is 3.38. The van der Waals surface area contributed by atoms with Crippen molar-refractivity contribution in [2.24, 2.45) is 0 Å². The molecule has 1 aromatic heterocycles. The number of pyridine rings is 1. The van der Waals surface area contributed by atoms with Gasteiger partial charge in [-0.05, 0) is 31.8 Å². The Balaban J connectivity index is 2.57. The number of likely N-dealkylation sites (N-methyl/N-ethyl adjacent to an activating group) is 1. The zero-order valence-corrected chi connectivity index (χ0v) is 12.1. The molecule has 2 aromatic rings. The molecule has 0 aliphatic heterocycles. The minimum Gasteiger partial charge on any atom is -0.477 e. The Morgan fingerprint density at radius 3 is 2.38 bits per heavy atom. The van der Waals surface area contributed by atoms with E-state index in [0.717, 1.165) is 11.3 Å². The molecular weight excluding hydrogens is 268 g/mol. The smallest absolute Gasteiger partial charge is 0.341 e. The molecule has 1 heterocycles. The summed E-state index contributed by atoms with van der Waals surface area (Å²) in [6.45, 7) is 1.10. The number of rotatable bonds is 5. The predicted molar refractivity (Wildman–Crippen MR) is 81.7 cm³/mol. The fourth-order valence-electron chi connectivity index (χ4n) is 2.12. The van der Waals surface area contributed by atoms with Crippen LogP contribution in [0.2, 0.25) is 0 Å². The largest absolute Gasteiger partial charge is 0.477 e. The summed E-state index contributed by atoms with van der Waals surface area (Å²) >= 11 is 0. The van der Waals surface area contributed by atoms with Crippen molar-refractivity contribution in [2.45, 2.75) is 6.54 Å². The van der Waals surface area contributed by atoms with Gasteiger partial charge in [-0.3, -0.25) is 4.79 Å². The van der Waals surface area contributed by atoms with E-state index in [1.54, 1.807) is 6.07 Å². The molecule has 0 radical (unpaired) electrons. The number of hydrogen-bond donors (Lipinski definition) is 1. The topological polar surface area (TPSA) is 62.5 Å². The van der Waals surface area contributed by atoms with E-state index in [1.807, 2.05) is 49.3 Å². The summed E-state index contributed by atoms with van der Waals surface area (Å²) in [5.74, 6) is -1.20. The third-order valence-electron chi connectivity index (χ3n) is 3.25. The molecule has 0 bridgehead atoms. The van der Waals surface area contributed by atoms with E-state index in [9.17, 15) is 9.59 Å². The van der Waals surface area contributed by atoms with Gasteiger partial charge in [0.2, 0.25) is 0 Å². The van der Waals surface area contributed by atoms with E-state index in [-0.39, 0.29) is 5.56 Å². The Morgan fingerprint density at radius 1 is 1.14 bits per heavy atom. The summed E-state index contributed by atoms with van der Waals surface area (Å²) in [6.07, 6.45) is 0. The number of aromatic nitrogens is 1. The zero-order chi connectivity index (χ0) is 15.4. The van der Waals surface area contributed by atoms with Gasteiger partial charge in [-0.15, -0.1) is 0 Å². The highest BCUT2D eigenvalue weighted by Crippen LogP contribution is 2.18. The highest BCUT2D eigenvalue weighted by Gasteiger charge is 2.14. The molecule has 5 heteroatoms.